The highest BCUT2D eigenvalue weighted by molar-refractivity contribution is 6.41. The van der Waals surface area contributed by atoms with E-state index in [4.69, 9.17) is 34.8 Å². The summed E-state index contributed by atoms with van der Waals surface area (Å²) in [6.45, 7) is 0. The van der Waals surface area contributed by atoms with Crippen LogP contribution in [-0.4, -0.2) is 11.3 Å². The first-order valence-corrected chi connectivity index (χ1v) is 6.55. The number of carbonyl (C=O) groups excluding carboxylic acids is 1. The van der Waals surface area contributed by atoms with Crippen molar-refractivity contribution in [2.45, 2.75) is 6.18 Å². The van der Waals surface area contributed by atoms with Crippen LogP contribution in [0.1, 0.15) is 16.1 Å². The molecule has 1 aromatic heterocycles. The first-order valence-electron chi connectivity index (χ1n) is 5.41. The fourth-order valence-electron chi connectivity index (χ4n) is 1.68. The zero-order chi connectivity index (χ0) is 15.8. The van der Waals surface area contributed by atoms with E-state index in [-0.39, 0.29) is 38.2 Å². The van der Waals surface area contributed by atoms with E-state index >= 15 is 0 Å². The number of halogens is 6. The average molecular weight is 355 g/mol. The van der Waals surface area contributed by atoms with Crippen molar-refractivity contribution in [3.05, 3.63) is 50.6 Å². The summed E-state index contributed by atoms with van der Waals surface area (Å²) in [6.07, 6.45) is -4.41. The van der Waals surface area contributed by atoms with Gasteiger partial charge in [0, 0.05) is 16.1 Å². The molecule has 0 atom stereocenters. The molecule has 0 N–H and O–H groups in total. The maximum absolute atomic E-state index is 12.8. The predicted octanol–water partition coefficient (Wildman–Crippen LogP) is 5.54. The van der Waals surface area contributed by atoms with Crippen LogP contribution in [-0.2, 0) is 6.18 Å². The van der Waals surface area contributed by atoms with Gasteiger partial charge in [0.1, 0.15) is 12.0 Å². The fourth-order valence-corrected chi connectivity index (χ4v) is 2.69. The van der Waals surface area contributed by atoms with E-state index in [1.165, 1.54) is 18.2 Å². The topological polar surface area (TPSA) is 30.0 Å². The van der Waals surface area contributed by atoms with E-state index in [0.29, 0.717) is 6.07 Å². The van der Waals surface area contributed by atoms with E-state index in [2.05, 4.69) is 4.98 Å². The van der Waals surface area contributed by atoms with E-state index in [1.807, 2.05) is 0 Å². The SMILES string of the molecule is O=Cc1cc(-c2c(Cl)cc(Cl)cc2Cl)nc(C(F)(F)F)c1. The number of alkyl halides is 3. The van der Waals surface area contributed by atoms with Crippen LogP contribution in [0.5, 0.6) is 0 Å². The third-order valence-electron chi connectivity index (χ3n) is 2.54. The second-order valence-corrected chi connectivity index (χ2v) is 5.28. The number of aromatic nitrogens is 1. The Bertz CT molecular complexity index is 693. The van der Waals surface area contributed by atoms with Crippen LogP contribution in [0.4, 0.5) is 13.2 Å². The number of hydrogen-bond donors (Lipinski definition) is 0. The zero-order valence-electron chi connectivity index (χ0n) is 10.0. The number of benzene rings is 1. The van der Waals surface area contributed by atoms with E-state index in [1.54, 1.807) is 0 Å². The summed E-state index contributed by atoms with van der Waals surface area (Å²) in [6, 6.07) is 4.47. The molecule has 8 heteroatoms. The highest BCUT2D eigenvalue weighted by atomic mass is 35.5. The number of hydrogen-bond acceptors (Lipinski definition) is 2. The first-order chi connectivity index (χ1) is 9.72. The summed E-state index contributed by atoms with van der Waals surface area (Å²) in [5.74, 6) is 0. The molecule has 0 saturated carbocycles. The molecule has 0 aliphatic carbocycles. The van der Waals surface area contributed by atoms with Crippen LogP contribution < -0.4 is 0 Å². The number of carbonyl (C=O) groups is 1. The van der Waals surface area contributed by atoms with Gasteiger partial charge in [-0.15, -0.1) is 0 Å². The molecule has 1 heterocycles. The van der Waals surface area contributed by atoms with Gasteiger partial charge < -0.3 is 0 Å². The smallest absolute Gasteiger partial charge is 0.298 e. The minimum Gasteiger partial charge on any atom is -0.298 e. The molecule has 0 aliphatic heterocycles. The van der Waals surface area contributed by atoms with Gasteiger partial charge in [-0.05, 0) is 24.3 Å². The Balaban J connectivity index is 2.73. The highest BCUT2D eigenvalue weighted by Gasteiger charge is 2.33. The van der Waals surface area contributed by atoms with Crippen molar-refractivity contribution in [2.24, 2.45) is 0 Å². The maximum Gasteiger partial charge on any atom is 0.433 e. The van der Waals surface area contributed by atoms with Crippen molar-refractivity contribution >= 4 is 41.1 Å². The van der Waals surface area contributed by atoms with Gasteiger partial charge >= 0.3 is 6.18 Å². The van der Waals surface area contributed by atoms with Crippen LogP contribution in [0.25, 0.3) is 11.3 Å². The van der Waals surface area contributed by atoms with Crippen molar-refractivity contribution in [1.82, 2.24) is 4.98 Å². The molecule has 0 bridgehead atoms. The Morgan fingerprint density at radius 1 is 1.00 bits per heavy atom. The van der Waals surface area contributed by atoms with Crippen molar-refractivity contribution in [2.75, 3.05) is 0 Å². The second-order valence-electron chi connectivity index (χ2n) is 4.03. The molecule has 21 heavy (non-hydrogen) atoms. The Morgan fingerprint density at radius 3 is 2.05 bits per heavy atom. The lowest BCUT2D eigenvalue weighted by atomic mass is 10.1. The van der Waals surface area contributed by atoms with E-state index in [9.17, 15) is 18.0 Å². The van der Waals surface area contributed by atoms with Crippen molar-refractivity contribution in [1.29, 1.82) is 0 Å². The summed E-state index contributed by atoms with van der Waals surface area (Å²) in [5, 5.41) is 0.309. The minimum absolute atomic E-state index is 0.0381. The number of nitrogens with zero attached hydrogens (tertiary/aromatic N) is 1. The molecule has 2 rings (SSSR count). The van der Waals surface area contributed by atoms with Crippen LogP contribution in [0, 0.1) is 0 Å². The molecule has 0 spiro atoms. The Hall–Kier alpha value is -1.30. The molecule has 0 saturated heterocycles. The standard InChI is InChI=1S/C13H5Cl3F3NO/c14-7-3-8(15)12(9(16)4-7)10-1-6(5-21)2-11(20-10)13(17,18)19/h1-5H. The van der Waals surface area contributed by atoms with Crippen molar-refractivity contribution < 1.29 is 18.0 Å². The lowest BCUT2D eigenvalue weighted by Crippen LogP contribution is -2.09. The Morgan fingerprint density at radius 2 is 1.57 bits per heavy atom. The molecule has 1 aromatic carbocycles. The van der Waals surface area contributed by atoms with Crippen LogP contribution in [0.2, 0.25) is 15.1 Å². The van der Waals surface area contributed by atoms with Gasteiger partial charge in [0.15, 0.2) is 0 Å². The summed E-state index contributed by atoms with van der Waals surface area (Å²) in [5.41, 5.74) is -1.46. The molecular formula is C13H5Cl3F3NO. The lowest BCUT2D eigenvalue weighted by Gasteiger charge is -2.11. The number of aldehydes is 1. The quantitative estimate of drug-likeness (QED) is 0.663. The monoisotopic (exact) mass is 353 g/mol. The van der Waals surface area contributed by atoms with Gasteiger partial charge in [-0.2, -0.15) is 13.2 Å². The summed E-state index contributed by atoms with van der Waals surface area (Å²) in [4.78, 5) is 14.3. The summed E-state index contributed by atoms with van der Waals surface area (Å²) < 4.78 is 38.4. The van der Waals surface area contributed by atoms with E-state index < -0.39 is 11.9 Å². The first kappa shape index (κ1) is 16.1. The Kier molecular flexibility index (Phi) is 4.46. The number of rotatable bonds is 2. The van der Waals surface area contributed by atoms with Crippen LogP contribution in [0.3, 0.4) is 0 Å². The van der Waals surface area contributed by atoms with Crippen LogP contribution in [0.15, 0.2) is 24.3 Å². The van der Waals surface area contributed by atoms with Gasteiger partial charge in [-0.25, -0.2) is 4.98 Å². The predicted molar refractivity (Wildman–Crippen MR) is 75.1 cm³/mol. The van der Waals surface area contributed by atoms with Gasteiger partial charge in [-0.1, -0.05) is 34.8 Å². The molecule has 0 amide bonds. The molecule has 110 valence electrons. The normalized spacial score (nSPS) is 11.5. The summed E-state index contributed by atoms with van der Waals surface area (Å²) in [7, 11) is 0. The summed E-state index contributed by atoms with van der Waals surface area (Å²) >= 11 is 17.7. The zero-order valence-corrected chi connectivity index (χ0v) is 12.3. The average Bonchev–Trinajstić information content (AvgIpc) is 2.36. The largest absolute Gasteiger partial charge is 0.433 e. The minimum atomic E-state index is -4.70. The molecule has 0 fully saturated rings. The van der Waals surface area contributed by atoms with Gasteiger partial charge in [0.05, 0.1) is 15.7 Å². The molecule has 2 aromatic rings. The third kappa shape index (κ3) is 3.48. The lowest BCUT2D eigenvalue weighted by molar-refractivity contribution is -0.141. The molecule has 0 radical (unpaired) electrons. The molecule has 0 aliphatic rings. The second kappa shape index (κ2) is 5.83. The third-order valence-corrected chi connectivity index (χ3v) is 3.35. The number of pyridine rings is 1. The van der Waals surface area contributed by atoms with Crippen molar-refractivity contribution in [3.63, 3.8) is 0 Å². The van der Waals surface area contributed by atoms with Gasteiger partial charge in [0.25, 0.3) is 0 Å². The Labute approximate surface area is 132 Å². The van der Waals surface area contributed by atoms with Crippen LogP contribution >= 0.6 is 34.8 Å². The molecule has 2 nitrogen and oxygen atoms in total. The maximum atomic E-state index is 12.8. The van der Waals surface area contributed by atoms with Crippen molar-refractivity contribution in [3.8, 4) is 11.3 Å². The van der Waals surface area contributed by atoms with Gasteiger partial charge in [0.2, 0.25) is 0 Å². The van der Waals surface area contributed by atoms with Gasteiger partial charge in [-0.3, -0.25) is 4.79 Å². The molecule has 0 unspecified atom stereocenters. The van der Waals surface area contributed by atoms with E-state index in [0.717, 1.165) is 0 Å². The highest BCUT2D eigenvalue weighted by Crippen LogP contribution is 2.38. The molecular weight excluding hydrogens is 350 g/mol. The fraction of sp³-hybridized carbons (Fsp3) is 0.0769.